The second-order valence-electron chi connectivity index (χ2n) is 4.50. The minimum atomic E-state index is -0.204. The second kappa shape index (κ2) is 5.63. The maximum Gasteiger partial charge on any atom is 0.314 e. The first kappa shape index (κ1) is 13.9. The molecule has 1 aliphatic rings. The Balaban J connectivity index is 0.00000133. The molecule has 4 nitrogen and oxygen atoms in total. The Labute approximate surface area is 117 Å². The number of esters is 1. The average molecular weight is 281 g/mol. The van der Waals surface area contributed by atoms with Gasteiger partial charge in [-0.05, 0) is 18.6 Å². The molecule has 2 aromatic rings. The van der Waals surface area contributed by atoms with Crippen LogP contribution in [0, 0.1) is 0 Å². The zero-order valence-electron chi connectivity index (χ0n) is 10.7. The fourth-order valence-electron chi connectivity index (χ4n) is 2.64. The van der Waals surface area contributed by atoms with Crippen molar-refractivity contribution in [2.24, 2.45) is 0 Å². The molecule has 0 spiro atoms. The number of rotatable bonds is 2. The second-order valence-corrected chi connectivity index (χ2v) is 4.50. The molecule has 2 N–H and O–H groups in total. The zero-order chi connectivity index (χ0) is 12.5. The van der Waals surface area contributed by atoms with Gasteiger partial charge in [0.25, 0.3) is 0 Å². The van der Waals surface area contributed by atoms with Crippen LogP contribution in [0.5, 0.6) is 0 Å². The first-order chi connectivity index (χ1) is 8.81. The van der Waals surface area contributed by atoms with Crippen LogP contribution in [0.1, 0.15) is 24.1 Å². The predicted molar refractivity (Wildman–Crippen MR) is 76.6 cm³/mol. The molecule has 0 unspecified atom stereocenters. The summed E-state index contributed by atoms with van der Waals surface area (Å²) in [5, 5.41) is 4.39. The Morgan fingerprint density at radius 3 is 3.00 bits per heavy atom. The minimum Gasteiger partial charge on any atom is -0.465 e. The molecule has 1 aromatic carbocycles. The number of nitrogens with one attached hydrogen (secondary N) is 2. The van der Waals surface area contributed by atoms with Gasteiger partial charge in [-0.3, -0.25) is 4.79 Å². The molecule has 0 fully saturated rings. The third kappa shape index (κ3) is 2.33. The number of aromatic amines is 1. The molecule has 0 amide bonds. The highest BCUT2D eigenvalue weighted by Gasteiger charge is 2.30. The first-order valence-corrected chi connectivity index (χ1v) is 6.28. The van der Waals surface area contributed by atoms with E-state index in [4.69, 9.17) is 4.74 Å². The number of fused-ring (bicyclic) bond motifs is 3. The lowest BCUT2D eigenvalue weighted by Crippen LogP contribution is -2.33. The summed E-state index contributed by atoms with van der Waals surface area (Å²) in [6.07, 6.45) is 0. The Hall–Kier alpha value is -1.52. The third-order valence-corrected chi connectivity index (χ3v) is 3.40. The van der Waals surface area contributed by atoms with Crippen molar-refractivity contribution in [3.05, 3.63) is 35.5 Å². The van der Waals surface area contributed by atoms with Crippen molar-refractivity contribution in [1.29, 1.82) is 0 Å². The predicted octanol–water partition coefficient (Wildman–Crippen LogP) is 2.34. The number of hydrogen-bond acceptors (Lipinski definition) is 3. The van der Waals surface area contributed by atoms with Crippen molar-refractivity contribution in [2.75, 3.05) is 13.2 Å². The van der Waals surface area contributed by atoms with Crippen LogP contribution in [-0.4, -0.2) is 24.1 Å². The molecule has 102 valence electrons. The third-order valence-electron chi connectivity index (χ3n) is 3.40. The Morgan fingerprint density at radius 1 is 1.42 bits per heavy atom. The van der Waals surface area contributed by atoms with Crippen LogP contribution < -0.4 is 5.32 Å². The summed E-state index contributed by atoms with van der Waals surface area (Å²) >= 11 is 0. The molecule has 0 saturated carbocycles. The highest BCUT2D eigenvalue weighted by molar-refractivity contribution is 5.91. The van der Waals surface area contributed by atoms with Gasteiger partial charge in [0.05, 0.1) is 12.5 Å². The van der Waals surface area contributed by atoms with E-state index in [1.807, 2.05) is 25.1 Å². The summed E-state index contributed by atoms with van der Waals surface area (Å²) in [7, 11) is 0. The van der Waals surface area contributed by atoms with Crippen LogP contribution in [-0.2, 0) is 16.1 Å². The first-order valence-electron chi connectivity index (χ1n) is 6.28. The average Bonchev–Trinajstić information content (AvgIpc) is 2.77. The monoisotopic (exact) mass is 280 g/mol. The van der Waals surface area contributed by atoms with E-state index in [2.05, 4.69) is 16.4 Å². The van der Waals surface area contributed by atoms with Crippen LogP contribution in [0.3, 0.4) is 0 Å². The molecule has 0 aliphatic carbocycles. The highest BCUT2D eigenvalue weighted by atomic mass is 35.5. The molecule has 5 heteroatoms. The minimum absolute atomic E-state index is 0. The molecule has 19 heavy (non-hydrogen) atoms. The van der Waals surface area contributed by atoms with Gasteiger partial charge >= 0.3 is 5.97 Å². The summed E-state index contributed by atoms with van der Waals surface area (Å²) in [6, 6.07) is 8.09. The molecule has 3 rings (SSSR count). The lowest BCUT2D eigenvalue weighted by Gasteiger charge is -2.22. The van der Waals surface area contributed by atoms with Gasteiger partial charge in [-0.25, -0.2) is 0 Å². The number of halogens is 1. The number of hydrogen-bond donors (Lipinski definition) is 2. The number of para-hydroxylation sites is 1. The fraction of sp³-hybridized carbons (Fsp3) is 0.357. The molecule has 1 atom stereocenters. The van der Waals surface area contributed by atoms with Crippen molar-refractivity contribution in [3.8, 4) is 0 Å². The normalized spacial score (nSPS) is 17.6. The van der Waals surface area contributed by atoms with Crippen LogP contribution in [0.25, 0.3) is 10.9 Å². The summed E-state index contributed by atoms with van der Waals surface area (Å²) in [5.41, 5.74) is 3.28. The van der Waals surface area contributed by atoms with Gasteiger partial charge in [-0.2, -0.15) is 0 Å². The maximum absolute atomic E-state index is 12.0. The van der Waals surface area contributed by atoms with Crippen LogP contribution in [0.4, 0.5) is 0 Å². The molecular formula is C14H17ClN2O2. The van der Waals surface area contributed by atoms with Crippen LogP contribution in [0.2, 0.25) is 0 Å². The van der Waals surface area contributed by atoms with Crippen molar-refractivity contribution < 1.29 is 9.53 Å². The fourth-order valence-corrected chi connectivity index (χ4v) is 2.64. The Kier molecular flexibility index (Phi) is 4.12. The van der Waals surface area contributed by atoms with E-state index in [0.29, 0.717) is 13.2 Å². The Morgan fingerprint density at radius 2 is 2.21 bits per heavy atom. The van der Waals surface area contributed by atoms with Crippen LogP contribution >= 0.6 is 12.4 Å². The van der Waals surface area contributed by atoms with E-state index in [1.165, 1.54) is 0 Å². The van der Waals surface area contributed by atoms with Gasteiger partial charge in [-0.15, -0.1) is 12.4 Å². The topological polar surface area (TPSA) is 54.1 Å². The quantitative estimate of drug-likeness (QED) is 0.830. The molecule has 1 aliphatic heterocycles. The molecular weight excluding hydrogens is 264 g/mol. The summed E-state index contributed by atoms with van der Waals surface area (Å²) in [5.74, 6) is -0.347. The van der Waals surface area contributed by atoms with Gasteiger partial charge in [-0.1, -0.05) is 18.2 Å². The highest BCUT2D eigenvalue weighted by Crippen LogP contribution is 2.32. The number of aromatic nitrogens is 1. The molecule has 0 radical (unpaired) electrons. The number of carbonyl (C=O) groups is 1. The van der Waals surface area contributed by atoms with E-state index in [0.717, 1.165) is 28.7 Å². The SMILES string of the molecule is CCOC(=O)[C@@H]1CNCc2[nH]c3ccccc3c21.Cl. The van der Waals surface area contributed by atoms with E-state index in [9.17, 15) is 4.79 Å². The number of ether oxygens (including phenoxy) is 1. The molecule has 0 saturated heterocycles. The van der Waals surface area contributed by atoms with Crippen molar-refractivity contribution in [3.63, 3.8) is 0 Å². The zero-order valence-corrected chi connectivity index (χ0v) is 11.5. The summed E-state index contributed by atoms with van der Waals surface area (Å²) in [6.45, 7) is 3.69. The lowest BCUT2D eigenvalue weighted by atomic mass is 9.93. The van der Waals surface area contributed by atoms with Gasteiger partial charge in [0.1, 0.15) is 0 Å². The van der Waals surface area contributed by atoms with E-state index in [1.54, 1.807) is 0 Å². The summed E-state index contributed by atoms with van der Waals surface area (Å²) in [4.78, 5) is 15.4. The van der Waals surface area contributed by atoms with Gasteiger partial charge in [0, 0.05) is 29.7 Å². The molecule has 1 aromatic heterocycles. The van der Waals surface area contributed by atoms with E-state index in [-0.39, 0.29) is 24.3 Å². The lowest BCUT2D eigenvalue weighted by molar-refractivity contribution is -0.145. The van der Waals surface area contributed by atoms with Gasteiger partial charge < -0.3 is 15.0 Å². The molecule has 2 heterocycles. The standard InChI is InChI=1S/C14H16N2O2.ClH/c1-2-18-14(17)10-7-15-8-12-13(10)9-5-3-4-6-11(9)16-12;/h3-6,10,15-16H,2,7-8H2,1H3;1H/t10-;/m1./s1. The number of carbonyl (C=O) groups excluding carboxylic acids is 1. The summed E-state index contributed by atoms with van der Waals surface area (Å²) < 4.78 is 5.16. The van der Waals surface area contributed by atoms with Crippen LogP contribution in [0.15, 0.2) is 24.3 Å². The van der Waals surface area contributed by atoms with Crippen molar-refractivity contribution >= 4 is 29.3 Å². The maximum atomic E-state index is 12.0. The van der Waals surface area contributed by atoms with E-state index >= 15 is 0 Å². The van der Waals surface area contributed by atoms with Gasteiger partial charge in [0.2, 0.25) is 0 Å². The van der Waals surface area contributed by atoms with Crippen molar-refractivity contribution in [1.82, 2.24) is 10.3 Å². The smallest absolute Gasteiger partial charge is 0.314 e. The number of benzene rings is 1. The van der Waals surface area contributed by atoms with Gasteiger partial charge in [0.15, 0.2) is 0 Å². The van der Waals surface area contributed by atoms with E-state index < -0.39 is 0 Å². The largest absolute Gasteiger partial charge is 0.465 e. The Bertz CT molecular complexity index is 594. The van der Waals surface area contributed by atoms with Crippen molar-refractivity contribution in [2.45, 2.75) is 19.4 Å². The molecule has 0 bridgehead atoms. The number of H-pyrrole nitrogens is 1.